The summed E-state index contributed by atoms with van der Waals surface area (Å²) in [7, 11) is 0. The van der Waals surface area contributed by atoms with E-state index in [-0.39, 0.29) is 11.0 Å². The number of hydrogen-bond acceptors (Lipinski definition) is 5. The largest absolute Gasteiger partial charge is 0.550 e. The maximum absolute atomic E-state index is 9.71. The molecule has 7 heteroatoms. The Labute approximate surface area is 62.0 Å². The third-order valence-electron chi connectivity index (χ3n) is 0.689. The normalized spacial score (nSPS) is 10.3. The monoisotopic (exact) mass is 167 g/mol. The first-order chi connectivity index (χ1) is 4.04. The molecule has 0 rings (SSSR count). The maximum Gasteiger partial charge on any atom is 0.0586 e. The summed E-state index contributed by atoms with van der Waals surface area (Å²) < 4.78 is 0. The Bertz CT molecular complexity index is 135. The van der Waals surface area contributed by atoms with E-state index in [0.717, 1.165) is 0 Å². The van der Waals surface area contributed by atoms with Crippen LogP contribution in [0.5, 0.6) is 0 Å². The van der Waals surface area contributed by atoms with Gasteiger partial charge in [-0.1, -0.05) is 0 Å². The molecule has 0 amide bonds. The van der Waals surface area contributed by atoms with Crippen molar-refractivity contribution < 1.29 is 30.8 Å². The first kappa shape index (κ1) is 16.4. The quantitative estimate of drug-likeness (QED) is 0.441. The zero-order chi connectivity index (χ0) is 7.44. The Balaban J connectivity index is -0.000000320. The van der Waals surface area contributed by atoms with E-state index in [0.29, 0.717) is 0 Å². The first-order valence-corrected chi connectivity index (χ1v) is 2.20. The molecule has 0 aromatic carbocycles. The molecule has 0 aliphatic carbocycles. The average molecular weight is 167 g/mol. The van der Waals surface area contributed by atoms with Crippen LogP contribution in [0.1, 0.15) is 6.42 Å². The summed E-state index contributed by atoms with van der Waals surface area (Å²) in [5.74, 6) is -3.08. The summed E-state index contributed by atoms with van der Waals surface area (Å²) in [4.78, 5) is 19.3. The highest BCUT2D eigenvalue weighted by Gasteiger charge is 2.01. The molecule has 0 aromatic rings. The predicted molar refractivity (Wildman–Crippen MR) is 29.8 cm³/mol. The van der Waals surface area contributed by atoms with Gasteiger partial charge in [0.25, 0.3) is 0 Å². The number of hydrogen-bond donors (Lipinski definition) is 1. The van der Waals surface area contributed by atoms with Crippen molar-refractivity contribution in [2.24, 2.45) is 5.73 Å². The van der Waals surface area contributed by atoms with Crippen molar-refractivity contribution in [2.75, 3.05) is 0 Å². The van der Waals surface area contributed by atoms with E-state index in [9.17, 15) is 19.8 Å². The van der Waals surface area contributed by atoms with Crippen molar-refractivity contribution in [3.8, 4) is 0 Å². The molecule has 0 bridgehead atoms. The highest BCUT2D eigenvalue weighted by atomic mass is 16.4. The zero-order valence-electron chi connectivity index (χ0n) is 5.49. The van der Waals surface area contributed by atoms with Gasteiger partial charge < -0.3 is 36.5 Å². The van der Waals surface area contributed by atoms with E-state index in [2.05, 4.69) is 0 Å². The molecule has 0 spiro atoms. The van der Waals surface area contributed by atoms with Gasteiger partial charge in [0.2, 0.25) is 0 Å². The number of carbonyl (C=O) groups excluding carboxylic acids is 2. The van der Waals surface area contributed by atoms with E-state index in [4.69, 9.17) is 5.73 Å². The third-order valence-corrected chi connectivity index (χ3v) is 0.689. The molecule has 6 N–H and O–H groups in total. The number of carboxylic acids is 2. The molecule has 1 unspecified atom stereocenters. The van der Waals surface area contributed by atoms with Crippen LogP contribution in [0.2, 0.25) is 0 Å². The second-order valence-corrected chi connectivity index (χ2v) is 1.50. The number of carboxylic acid groups (broad SMARTS) is 2. The Morgan fingerprint density at radius 1 is 1.27 bits per heavy atom. The van der Waals surface area contributed by atoms with Crippen LogP contribution in [0, 0.1) is 0 Å². The lowest BCUT2D eigenvalue weighted by molar-refractivity contribution is -0.316. The summed E-state index contributed by atoms with van der Waals surface area (Å²) in [6.45, 7) is 0. The van der Waals surface area contributed by atoms with Crippen molar-refractivity contribution in [1.82, 2.24) is 0 Å². The molecule has 68 valence electrons. The Morgan fingerprint density at radius 2 is 1.64 bits per heavy atom. The fourth-order valence-electron chi connectivity index (χ4n) is 0.263. The molecular formula is C4H9NO6-2. The minimum atomic E-state index is -1.58. The van der Waals surface area contributed by atoms with E-state index in [1.165, 1.54) is 0 Å². The standard InChI is InChI=1S/C4H7NO4.2H2O/c5-2(4(8)9)1-3(6)7;;/h2H,1,5H2,(H,6,7)(H,8,9);2*1H2/p-2. The fourth-order valence-corrected chi connectivity index (χ4v) is 0.263. The molecule has 0 saturated heterocycles. The molecule has 0 fully saturated rings. The van der Waals surface area contributed by atoms with Gasteiger partial charge in [-0.15, -0.1) is 0 Å². The molecule has 0 heterocycles. The predicted octanol–water partition coefficient (Wildman–Crippen LogP) is -5.45. The molecular weight excluding hydrogens is 158 g/mol. The fraction of sp³-hybridized carbons (Fsp3) is 0.500. The van der Waals surface area contributed by atoms with Crippen LogP contribution in [0.3, 0.4) is 0 Å². The van der Waals surface area contributed by atoms with Gasteiger partial charge in [0.05, 0.1) is 5.97 Å². The van der Waals surface area contributed by atoms with Crippen molar-refractivity contribution in [2.45, 2.75) is 12.5 Å². The van der Waals surface area contributed by atoms with Crippen LogP contribution >= 0.6 is 0 Å². The lowest BCUT2D eigenvalue weighted by atomic mass is 10.2. The molecule has 0 saturated carbocycles. The van der Waals surface area contributed by atoms with Gasteiger partial charge in [-0.25, -0.2) is 0 Å². The summed E-state index contributed by atoms with van der Waals surface area (Å²) >= 11 is 0. The van der Waals surface area contributed by atoms with E-state index in [1.807, 2.05) is 0 Å². The van der Waals surface area contributed by atoms with Gasteiger partial charge >= 0.3 is 0 Å². The summed E-state index contributed by atoms with van der Waals surface area (Å²) in [6.07, 6.45) is -0.706. The average Bonchev–Trinajstić information content (AvgIpc) is 1.63. The molecule has 0 aromatic heterocycles. The summed E-state index contributed by atoms with van der Waals surface area (Å²) in [6, 6.07) is -1.46. The van der Waals surface area contributed by atoms with Crippen LogP contribution in [0.4, 0.5) is 0 Å². The highest BCUT2D eigenvalue weighted by molar-refractivity contribution is 5.77. The van der Waals surface area contributed by atoms with Gasteiger partial charge in [-0.2, -0.15) is 0 Å². The highest BCUT2D eigenvalue weighted by Crippen LogP contribution is 1.81. The van der Waals surface area contributed by atoms with Gasteiger partial charge in [-0.05, 0) is 0 Å². The van der Waals surface area contributed by atoms with Crippen LogP contribution in [0.25, 0.3) is 0 Å². The Kier molecular flexibility index (Phi) is 10.4. The topological polar surface area (TPSA) is 169 Å². The molecule has 7 nitrogen and oxygen atoms in total. The molecule has 0 radical (unpaired) electrons. The lowest BCUT2D eigenvalue weighted by Gasteiger charge is -2.11. The van der Waals surface area contributed by atoms with Gasteiger partial charge in [0.15, 0.2) is 0 Å². The Hall–Kier alpha value is -1.18. The Morgan fingerprint density at radius 3 is 1.73 bits per heavy atom. The molecule has 0 aliphatic rings. The number of nitrogens with two attached hydrogens (primary N) is 1. The smallest absolute Gasteiger partial charge is 0.0586 e. The van der Waals surface area contributed by atoms with Crippen LogP contribution < -0.4 is 15.9 Å². The number of carbonyl (C=O) groups is 2. The number of aliphatic carboxylic acids is 2. The van der Waals surface area contributed by atoms with Crippen molar-refractivity contribution in [1.29, 1.82) is 0 Å². The minimum absolute atomic E-state index is 0. The lowest BCUT2D eigenvalue weighted by Crippen LogP contribution is -2.45. The van der Waals surface area contributed by atoms with Crippen LogP contribution in [-0.4, -0.2) is 28.9 Å². The van der Waals surface area contributed by atoms with Crippen LogP contribution in [0.15, 0.2) is 0 Å². The van der Waals surface area contributed by atoms with Gasteiger partial charge in [0, 0.05) is 18.4 Å². The second kappa shape index (κ2) is 6.93. The van der Waals surface area contributed by atoms with Gasteiger partial charge in [-0.3, -0.25) is 0 Å². The molecule has 0 aliphatic heterocycles. The van der Waals surface area contributed by atoms with E-state index < -0.39 is 24.4 Å². The maximum atomic E-state index is 9.71. The van der Waals surface area contributed by atoms with E-state index >= 15 is 0 Å². The van der Waals surface area contributed by atoms with Gasteiger partial charge in [0.1, 0.15) is 0 Å². The van der Waals surface area contributed by atoms with E-state index in [1.54, 1.807) is 0 Å². The van der Waals surface area contributed by atoms with Crippen molar-refractivity contribution in [3.05, 3.63) is 0 Å². The summed E-state index contributed by atoms with van der Waals surface area (Å²) in [5, 5.41) is 19.3. The SMILES string of the molecule is NC(CC(=O)[O-])C(=O)[O-].O.O. The zero-order valence-corrected chi connectivity index (χ0v) is 5.49. The van der Waals surface area contributed by atoms with Crippen molar-refractivity contribution >= 4 is 11.9 Å². The minimum Gasteiger partial charge on any atom is -0.550 e. The molecule has 11 heavy (non-hydrogen) atoms. The second-order valence-electron chi connectivity index (χ2n) is 1.50. The van der Waals surface area contributed by atoms with Crippen molar-refractivity contribution in [3.63, 3.8) is 0 Å². The number of rotatable bonds is 3. The third kappa shape index (κ3) is 8.82. The molecule has 1 atom stereocenters. The first-order valence-electron chi connectivity index (χ1n) is 2.20. The summed E-state index contributed by atoms with van der Waals surface area (Å²) in [5.41, 5.74) is 4.73. The van der Waals surface area contributed by atoms with Crippen LogP contribution in [-0.2, 0) is 9.59 Å².